The second-order valence-corrected chi connectivity index (χ2v) is 5.71. The van der Waals surface area contributed by atoms with Crippen molar-refractivity contribution in [3.05, 3.63) is 35.8 Å². The lowest BCUT2D eigenvalue weighted by Gasteiger charge is -2.19. The van der Waals surface area contributed by atoms with Gasteiger partial charge in [0.05, 0.1) is 10.4 Å². The summed E-state index contributed by atoms with van der Waals surface area (Å²) >= 11 is 1.71. The molecule has 0 N–H and O–H groups in total. The van der Waals surface area contributed by atoms with E-state index in [1.807, 2.05) is 43.2 Å². The Kier molecular flexibility index (Phi) is 3.40. The maximum absolute atomic E-state index is 4.73. The molecule has 104 valence electrons. The van der Waals surface area contributed by atoms with Crippen LogP contribution in [-0.4, -0.2) is 26.3 Å². The number of fused-ring (bicyclic) bond motifs is 1. The number of aromatic nitrogens is 4. The second-order valence-electron chi connectivity index (χ2n) is 4.73. The highest BCUT2D eigenvalue weighted by Gasteiger charge is 2.15. The fourth-order valence-electron chi connectivity index (χ4n) is 2.23. The average Bonchev–Trinajstić information content (AvgIpc) is 3.00. The Hall–Kier alpha value is -1.95. The van der Waals surface area contributed by atoms with Gasteiger partial charge in [-0.15, -0.1) is 0 Å². The molecule has 0 saturated heterocycles. The van der Waals surface area contributed by atoms with Crippen molar-refractivity contribution in [3.8, 4) is 0 Å². The predicted molar refractivity (Wildman–Crippen MR) is 82.1 cm³/mol. The zero-order valence-corrected chi connectivity index (χ0v) is 12.7. The first-order chi connectivity index (χ1) is 9.69. The number of nitrogens with zero attached hydrogens (tertiary/aromatic N) is 5. The molecule has 0 saturated carbocycles. The summed E-state index contributed by atoms with van der Waals surface area (Å²) in [6.07, 6.45) is 3.66. The van der Waals surface area contributed by atoms with Gasteiger partial charge >= 0.3 is 0 Å². The van der Waals surface area contributed by atoms with Gasteiger partial charge in [-0.25, -0.2) is 9.67 Å². The molecule has 0 unspecified atom stereocenters. The molecule has 0 aliphatic heterocycles. The molecule has 6 heteroatoms. The number of anilines is 1. The summed E-state index contributed by atoms with van der Waals surface area (Å²) in [7, 11) is 1.94. The molecule has 0 aromatic carbocycles. The minimum atomic E-state index is 0.852. The predicted octanol–water partition coefficient (Wildman–Crippen LogP) is 2.76. The largest absolute Gasteiger partial charge is 0.344 e. The van der Waals surface area contributed by atoms with Gasteiger partial charge in [0.25, 0.3) is 0 Å². The van der Waals surface area contributed by atoms with Gasteiger partial charge in [-0.3, -0.25) is 4.98 Å². The lowest BCUT2D eigenvalue weighted by molar-refractivity contribution is 0.769. The molecule has 3 rings (SSSR count). The van der Waals surface area contributed by atoms with Crippen LogP contribution >= 0.6 is 11.3 Å². The van der Waals surface area contributed by atoms with Gasteiger partial charge in [-0.1, -0.05) is 11.3 Å². The van der Waals surface area contributed by atoms with Crippen LogP contribution in [0.5, 0.6) is 0 Å². The summed E-state index contributed by atoms with van der Waals surface area (Å²) in [6.45, 7) is 5.96. The van der Waals surface area contributed by atoms with Crippen molar-refractivity contribution in [3.63, 3.8) is 0 Å². The van der Waals surface area contributed by atoms with E-state index in [2.05, 4.69) is 21.9 Å². The van der Waals surface area contributed by atoms with Crippen LogP contribution in [0.15, 0.2) is 24.5 Å². The summed E-state index contributed by atoms with van der Waals surface area (Å²) < 4.78 is 3.03. The van der Waals surface area contributed by atoms with Crippen LogP contribution in [0.1, 0.15) is 18.2 Å². The molecule has 3 heterocycles. The molecule has 0 radical (unpaired) electrons. The fourth-order valence-corrected chi connectivity index (χ4v) is 3.33. The Morgan fingerprint density at radius 1 is 1.30 bits per heavy atom. The minimum Gasteiger partial charge on any atom is -0.344 e. The highest BCUT2D eigenvalue weighted by atomic mass is 32.1. The quantitative estimate of drug-likeness (QED) is 0.740. The van der Waals surface area contributed by atoms with E-state index in [0.29, 0.717) is 0 Å². The zero-order chi connectivity index (χ0) is 14.1. The van der Waals surface area contributed by atoms with Crippen molar-refractivity contribution >= 4 is 26.8 Å². The first kappa shape index (κ1) is 13.1. The summed E-state index contributed by atoms with van der Waals surface area (Å²) in [6, 6.07) is 4.09. The molecule has 20 heavy (non-hydrogen) atoms. The van der Waals surface area contributed by atoms with E-state index in [-0.39, 0.29) is 0 Å². The van der Waals surface area contributed by atoms with E-state index in [4.69, 9.17) is 4.98 Å². The van der Waals surface area contributed by atoms with Gasteiger partial charge in [0.15, 0.2) is 10.8 Å². The van der Waals surface area contributed by atoms with Crippen LogP contribution in [0.2, 0.25) is 0 Å². The lowest BCUT2D eigenvalue weighted by atomic mass is 10.2. The summed E-state index contributed by atoms with van der Waals surface area (Å²) in [5.41, 5.74) is 3.26. The Morgan fingerprint density at radius 2 is 2.05 bits per heavy atom. The number of aryl methyl sites for hydroxylation is 2. The van der Waals surface area contributed by atoms with E-state index in [9.17, 15) is 0 Å². The third-order valence-electron chi connectivity index (χ3n) is 3.31. The van der Waals surface area contributed by atoms with E-state index in [1.165, 1.54) is 10.3 Å². The van der Waals surface area contributed by atoms with Gasteiger partial charge in [-0.2, -0.15) is 5.10 Å². The first-order valence-corrected chi connectivity index (χ1v) is 7.44. The molecule has 0 spiro atoms. The summed E-state index contributed by atoms with van der Waals surface area (Å²) in [4.78, 5) is 11.1. The smallest absolute Gasteiger partial charge is 0.188 e. The number of rotatable bonds is 4. The van der Waals surface area contributed by atoms with E-state index >= 15 is 0 Å². The molecule has 0 amide bonds. The summed E-state index contributed by atoms with van der Waals surface area (Å²) in [5.74, 6) is 0. The molecule has 0 aliphatic carbocycles. The van der Waals surface area contributed by atoms with Gasteiger partial charge in [0.1, 0.15) is 0 Å². The Balaban J connectivity index is 1.93. The number of thiazole rings is 1. The van der Waals surface area contributed by atoms with Gasteiger partial charge in [-0.05, 0) is 31.5 Å². The standard InChI is InChI=1S/C14H17N5S/c1-4-19(9-11-5-7-15-8-6-11)14-16-13-12(20-14)10(2)17-18(13)3/h5-8H,4,9H2,1-3H3. The molecule has 0 aliphatic rings. The fraction of sp³-hybridized carbons (Fsp3) is 0.357. The molecule has 3 aromatic heterocycles. The maximum Gasteiger partial charge on any atom is 0.188 e. The van der Waals surface area contributed by atoms with Gasteiger partial charge in [0.2, 0.25) is 0 Å². The lowest BCUT2D eigenvalue weighted by Crippen LogP contribution is -2.21. The molecular formula is C14H17N5S. The number of hydrogen-bond acceptors (Lipinski definition) is 5. The van der Waals surface area contributed by atoms with Crippen molar-refractivity contribution in [2.45, 2.75) is 20.4 Å². The van der Waals surface area contributed by atoms with Crippen molar-refractivity contribution in [2.75, 3.05) is 11.4 Å². The van der Waals surface area contributed by atoms with Crippen LogP contribution < -0.4 is 4.90 Å². The Labute approximate surface area is 121 Å². The van der Waals surface area contributed by atoms with Crippen LogP contribution in [0.4, 0.5) is 5.13 Å². The van der Waals surface area contributed by atoms with E-state index in [1.54, 1.807) is 11.3 Å². The number of pyridine rings is 1. The van der Waals surface area contributed by atoms with Crippen molar-refractivity contribution in [1.29, 1.82) is 0 Å². The third-order valence-corrected chi connectivity index (χ3v) is 4.52. The molecule has 0 bridgehead atoms. The molecular weight excluding hydrogens is 270 g/mol. The molecule has 0 atom stereocenters. The topological polar surface area (TPSA) is 46.8 Å². The van der Waals surface area contributed by atoms with Crippen molar-refractivity contribution in [2.24, 2.45) is 7.05 Å². The van der Waals surface area contributed by atoms with Crippen LogP contribution in [0.25, 0.3) is 10.3 Å². The van der Waals surface area contributed by atoms with E-state index < -0.39 is 0 Å². The SMILES string of the molecule is CCN(Cc1ccncc1)c1nc2c(s1)c(C)nn2C. The normalized spacial score (nSPS) is 11.2. The first-order valence-electron chi connectivity index (χ1n) is 6.63. The molecule has 0 fully saturated rings. The highest BCUT2D eigenvalue weighted by Crippen LogP contribution is 2.31. The minimum absolute atomic E-state index is 0.852. The second kappa shape index (κ2) is 5.20. The van der Waals surface area contributed by atoms with Crippen LogP contribution in [0, 0.1) is 6.92 Å². The average molecular weight is 287 g/mol. The molecule has 3 aromatic rings. The Bertz CT molecular complexity index is 681. The maximum atomic E-state index is 4.73. The van der Waals surface area contributed by atoms with Gasteiger partial charge in [0, 0.05) is 32.5 Å². The number of hydrogen-bond donors (Lipinski definition) is 0. The third kappa shape index (κ3) is 2.27. The Morgan fingerprint density at radius 3 is 2.70 bits per heavy atom. The summed E-state index contributed by atoms with van der Waals surface area (Å²) in [5, 5.41) is 5.45. The van der Waals surface area contributed by atoms with Gasteiger partial charge < -0.3 is 4.90 Å². The van der Waals surface area contributed by atoms with Crippen LogP contribution in [-0.2, 0) is 13.6 Å². The monoisotopic (exact) mass is 287 g/mol. The highest BCUT2D eigenvalue weighted by molar-refractivity contribution is 7.22. The van der Waals surface area contributed by atoms with E-state index in [0.717, 1.165) is 29.6 Å². The zero-order valence-electron chi connectivity index (χ0n) is 11.9. The van der Waals surface area contributed by atoms with Crippen LogP contribution in [0.3, 0.4) is 0 Å². The van der Waals surface area contributed by atoms with Crippen molar-refractivity contribution < 1.29 is 0 Å². The van der Waals surface area contributed by atoms with Crippen molar-refractivity contribution in [1.82, 2.24) is 19.7 Å². The molecule has 5 nitrogen and oxygen atoms in total.